The van der Waals surface area contributed by atoms with E-state index in [0.29, 0.717) is 0 Å². The van der Waals surface area contributed by atoms with Crippen molar-refractivity contribution in [3.8, 4) is 44.8 Å². The van der Waals surface area contributed by atoms with Gasteiger partial charge in [0.15, 0.2) is 0 Å². The molecule has 0 amide bonds. The van der Waals surface area contributed by atoms with Crippen molar-refractivity contribution in [1.82, 2.24) is 14.1 Å². The predicted octanol–water partition coefficient (Wildman–Crippen LogP) is 12.9. The first-order valence-electron chi connectivity index (χ1n) is 17.9. The Labute approximate surface area is 299 Å². The highest BCUT2D eigenvalue weighted by Gasteiger charge is 2.24. The SMILES string of the molecule is c1ccc(-n2c3ccccc3c3cc(-c4ccc5c(c4)c4c6ccccc6ccc4n5-c4cc5c6c(cncc6c4)-c4ccccc4-5)ccc32)cc1. The molecule has 11 aromatic rings. The van der Waals surface area contributed by atoms with Crippen LogP contribution in [0.15, 0.2) is 176 Å². The third-order valence-electron chi connectivity index (χ3n) is 11.3. The molecule has 240 valence electrons. The van der Waals surface area contributed by atoms with Gasteiger partial charge in [-0.05, 0) is 99.3 Å². The van der Waals surface area contributed by atoms with Gasteiger partial charge in [-0.15, -0.1) is 0 Å². The minimum Gasteiger partial charge on any atom is -0.309 e. The highest BCUT2D eigenvalue weighted by molar-refractivity contribution is 6.23. The third kappa shape index (κ3) is 3.72. The molecule has 3 aromatic heterocycles. The lowest BCUT2D eigenvalue weighted by molar-refractivity contribution is 1.18. The Morgan fingerprint density at radius 2 is 0.962 bits per heavy atom. The first-order valence-corrected chi connectivity index (χ1v) is 17.9. The second kappa shape index (κ2) is 10.3. The van der Waals surface area contributed by atoms with Crippen LogP contribution in [-0.4, -0.2) is 14.1 Å². The lowest BCUT2D eigenvalue weighted by atomic mass is 9.99. The maximum Gasteiger partial charge on any atom is 0.0547 e. The van der Waals surface area contributed by atoms with Crippen molar-refractivity contribution in [1.29, 1.82) is 0 Å². The van der Waals surface area contributed by atoms with Crippen LogP contribution < -0.4 is 0 Å². The van der Waals surface area contributed by atoms with Gasteiger partial charge in [-0.1, -0.05) is 103 Å². The Morgan fingerprint density at radius 1 is 0.327 bits per heavy atom. The highest BCUT2D eigenvalue weighted by Crippen LogP contribution is 2.48. The summed E-state index contributed by atoms with van der Waals surface area (Å²) in [6.07, 6.45) is 4.03. The van der Waals surface area contributed by atoms with Crippen LogP contribution in [0.5, 0.6) is 0 Å². The maximum atomic E-state index is 4.70. The van der Waals surface area contributed by atoms with E-state index in [4.69, 9.17) is 4.98 Å². The molecule has 3 heteroatoms. The maximum absolute atomic E-state index is 4.70. The number of aromatic nitrogens is 3. The van der Waals surface area contributed by atoms with Crippen molar-refractivity contribution in [2.24, 2.45) is 0 Å². The van der Waals surface area contributed by atoms with Crippen molar-refractivity contribution in [3.05, 3.63) is 176 Å². The van der Waals surface area contributed by atoms with Gasteiger partial charge in [-0.3, -0.25) is 4.98 Å². The molecule has 0 saturated carbocycles. The molecule has 8 aromatic carbocycles. The van der Waals surface area contributed by atoms with E-state index in [1.807, 2.05) is 12.4 Å². The average Bonchev–Trinajstić information content (AvgIpc) is 3.84. The molecule has 0 aliphatic heterocycles. The van der Waals surface area contributed by atoms with Crippen molar-refractivity contribution in [2.75, 3.05) is 0 Å². The molecule has 1 aliphatic rings. The second-order valence-electron chi connectivity index (χ2n) is 14.0. The molecular formula is C49H29N3. The van der Waals surface area contributed by atoms with Crippen LogP contribution in [0.2, 0.25) is 0 Å². The smallest absolute Gasteiger partial charge is 0.0547 e. The normalized spacial score (nSPS) is 12.2. The van der Waals surface area contributed by atoms with E-state index in [-0.39, 0.29) is 0 Å². The van der Waals surface area contributed by atoms with E-state index in [0.717, 1.165) is 11.1 Å². The zero-order chi connectivity index (χ0) is 33.9. The second-order valence-corrected chi connectivity index (χ2v) is 14.0. The van der Waals surface area contributed by atoms with Crippen LogP contribution in [0, 0.1) is 0 Å². The van der Waals surface area contributed by atoms with Gasteiger partial charge in [0, 0.05) is 61.6 Å². The fourth-order valence-electron chi connectivity index (χ4n) is 9.06. The number of fused-ring (bicyclic) bond motifs is 11. The lowest BCUT2D eigenvalue weighted by Crippen LogP contribution is -1.95. The van der Waals surface area contributed by atoms with Gasteiger partial charge >= 0.3 is 0 Å². The largest absolute Gasteiger partial charge is 0.309 e. The van der Waals surface area contributed by atoms with Gasteiger partial charge < -0.3 is 9.13 Å². The molecule has 0 saturated heterocycles. The van der Waals surface area contributed by atoms with Crippen molar-refractivity contribution >= 4 is 65.2 Å². The molecule has 52 heavy (non-hydrogen) atoms. The van der Waals surface area contributed by atoms with E-state index >= 15 is 0 Å². The third-order valence-corrected chi connectivity index (χ3v) is 11.3. The minimum absolute atomic E-state index is 1.15. The summed E-state index contributed by atoms with van der Waals surface area (Å²) in [5.41, 5.74) is 14.6. The molecule has 0 atom stereocenters. The van der Waals surface area contributed by atoms with E-state index < -0.39 is 0 Å². The van der Waals surface area contributed by atoms with Gasteiger partial charge in [-0.2, -0.15) is 0 Å². The first kappa shape index (κ1) is 27.8. The number of rotatable bonds is 3. The standard InChI is InChI=1S/C49H29N3/c1-2-11-34(12-3-1)51-44-17-9-8-16-39(44)40-25-31(19-21-45(40)51)32-20-22-46-42(26-32)49-36-13-5-4-10-30(36)18-23-47(49)52(46)35-24-33-28-50-29-43-38-15-7-6-14-37(38)41(27-35)48(33)43/h1-29H. The van der Waals surface area contributed by atoms with Gasteiger partial charge in [0.25, 0.3) is 0 Å². The topological polar surface area (TPSA) is 22.8 Å². The summed E-state index contributed by atoms with van der Waals surface area (Å²) in [4.78, 5) is 4.70. The summed E-state index contributed by atoms with van der Waals surface area (Å²) in [5.74, 6) is 0. The van der Waals surface area contributed by atoms with Crippen LogP contribution in [0.25, 0.3) is 110 Å². The highest BCUT2D eigenvalue weighted by atomic mass is 15.0. The fraction of sp³-hybridized carbons (Fsp3) is 0. The number of hydrogen-bond donors (Lipinski definition) is 0. The molecule has 3 nitrogen and oxygen atoms in total. The zero-order valence-electron chi connectivity index (χ0n) is 28.1. The van der Waals surface area contributed by atoms with E-state index in [1.165, 1.54) is 98.8 Å². The number of pyridine rings is 1. The summed E-state index contributed by atoms with van der Waals surface area (Å²) in [5, 5.41) is 10.0. The summed E-state index contributed by atoms with van der Waals surface area (Å²) in [7, 11) is 0. The Balaban J connectivity index is 1.12. The van der Waals surface area contributed by atoms with Gasteiger partial charge in [-0.25, -0.2) is 0 Å². The van der Waals surface area contributed by atoms with Crippen LogP contribution in [-0.2, 0) is 0 Å². The van der Waals surface area contributed by atoms with Gasteiger partial charge in [0.1, 0.15) is 0 Å². The summed E-state index contributed by atoms with van der Waals surface area (Å²) >= 11 is 0. The number of benzene rings is 8. The number of nitrogens with zero attached hydrogens (tertiary/aromatic N) is 3. The average molecular weight is 660 g/mol. The number of hydrogen-bond acceptors (Lipinski definition) is 1. The molecule has 0 spiro atoms. The first-order chi connectivity index (χ1) is 25.8. The van der Waals surface area contributed by atoms with Crippen molar-refractivity contribution < 1.29 is 0 Å². The molecule has 12 rings (SSSR count). The zero-order valence-corrected chi connectivity index (χ0v) is 28.1. The summed E-state index contributed by atoms with van der Waals surface area (Å²) in [6, 6.07) is 60.2. The Morgan fingerprint density at radius 3 is 1.81 bits per heavy atom. The Kier molecular flexibility index (Phi) is 5.50. The molecule has 0 radical (unpaired) electrons. The fourth-order valence-corrected chi connectivity index (χ4v) is 9.06. The molecule has 0 fully saturated rings. The van der Waals surface area contributed by atoms with Crippen LogP contribution in [0.3, 0.4) is 0 Å². The van der Waals surface area contributed by atoms with E-state index in [1.54, 1.807) is 0 Å². The van der Waals surface area contributed by atoms with E-state index in [2.05, 4.69) is 173 Å². The van der Waals surface area contributed by atoms with Crippen LogP contribution in [0.4, 0.5) is 0 Å². The number of para-hydroxylation sites is 2. The van der Waals surface area contributed by atoms with E-state index in [9.17, 15) is 0 Å². The summed E-state index contributed by atoms with van der Waals surface area (Å²) < 4.78 is 4.84. The van der Waals surface area contributed by atoms with Crippen LogP contribution in [0.1, 0.15) is 0 Å². The molecule has 0 unspecified atom stereocenters. The minimum atomic E-state index is 1.15. The van der Waals surface area contributed by atoms with Crippen molar-refractivity contribution in [3.63, 3.8) is 0 Å². The summed E-state index contributed by atoms with van der Waals surface area (Å²) in [6.45, 7) is 0. The Hall–Kier alpha value is -6.97. The molecule has 0 N–H and O–H groups in total. The lowest BCUT2D eigenvalue weighted by Gasteiger charge is -2.12. The Bertz CT molecular complexity index is 3290. The molecule has 1 aliphatic carbocycles. The molecular weight excluding hydrogens is 631 g/mol. The van der Waals surface area contributed by atoms with Crippen LogP contribution >= 0.6 is 0 Å². The van der Waals surface area contributed by atoms with Gasteiger partial charge in [0.05, 0.1) is 22.1 Å². The monoisotopic (exact) mass is 659 g/mol. The quantitative estimate of drug-likeness (QED) is 0.185. The van der Waals surface area contributed by atoms with Gasteiger partial charge in [0.2, 0.25) is 0 Å². The molecule has 0 bridgehead atoms. The predicted molar refractivity (Wildman–Crippen MR) is 218 cm³/mol. The van der Waals surface area contributed by atoms with Crippen molar-refractivity contribution in [2.45, 2.75) is 0 Å². The molecule has 3 heterocycles.